The number of carbonyl (C=O) groups is 1. The van der Waals surface area contributed by atoms with Gasteiger partial charge in [0.05, 0.1) is 12.5 Å². The number of rotatable bonds is 6. The molecule has 1 amide bonds. The fourth-order valence-corrected chi connectivity index (χ4v) is 3.25. The van der Waals surface area contributed by atoms with Gasteiger partial charge in [-0.15, -0.1) is 0 Å². The minimum Gasteiger partial charge on any atom is -0.497 e. The Labute approximate surface area is 141 Å². The fraction of sp³-hybridized carbons (Fsp3) is 0.350. The number of benzene rings is 2. The second-order valence-corrected chi connectivity index (χ2v) is 6.30. The SMILES string of the molecule is COc1ccc(CCNC(=O)C2(c3cccc(F)c3)CCC2)cc1. The lowest BCUT2D eigenvalue weighted by atomic mass is 9.64. The van der Waals surface area contributed by atoms with Gasteiger partial charge in [-0.2, -0.15) is 0 Å². The molecule has 0 aliphatic heterocycles. The molecule has 0 atom stereocenters. The topological polar surface area (TPSA) is 38.3 Å². The van der Waals surface area contributed by atoms with Crippen LogP contribution in [0.25, 0.3) is 0 Å². The van der Waals surface area contributed by atoms with Crippen molar-refractivity contribution in [3.63, 3.8) is 0 Å². The number of halogens is 1. The van der Waals surface area contributed by atoms with E-state index < -0.39 is 5.41 Å². The van der Waals surface area contributed by atoms with E-state index in [-0.39, 0.29) is 11.7 Å². The second kappa shape index (κ2) is 7.04. The van der Waals surface area contributed by atoms with Crippen molar-refractivity contribution >= 4 is 5.91 Å². The number of ether oxygens (including phenoxy) is 1. The summed E-state index contributed by atoms with van der Waals surface area (Å²) in [6.45, 7) is 0.572. The summed E-state index contributed by atoms with van der Waals surface area (Å²) >= 11 is 0. The van der Waals surface area contributed by atoms with Gasteiger partial charge in [0.15, 0.2) is 0 Å². The monoisotopic (exact) mass is 327 g/mol. The summed E-state index contributed by atoms with van der Waals surface area (Å²) in [5.74, 6) is 0.542. The van der Waals surface area contributed by atoms with E-state index in [1.165, 1.54) is 12.1 Å². The molecule has 0 heterocycles. The Morgan fingerprint density at radius 2 is 1.96 bits per heavy atom. The molecular weight excluding hydrogens is 305 g/mol. The van der Waals surface area contributed by atoms with Crippen molar-refractivity contribution in [3.8, 4) is 5.75 Å². The van der Waals surface area contributed by atoms with Gasteiger partial charge in [0.25, 0.3) is 0 Å². The summed E-state index contributed by atoms with van der Waals surface area (Å²) in [7, 11) is 1.64. The predicted octanol–water partition coefficient (Wildman–Crippen LogP) is 3.61. The molecule has 0 spiro atoms. The van der Waals surface area contributed by atoms with E-state index in [1.807, 2.05) is 30.3 Å². The van der Waals surface area contributed by atoms with Crippen molar-refractivity contribution in [1.29, 1.82) is 0 Å². The summed E-state index contributed by atoms with van der Waals surface area (Å²) < 4.78 is 18.7. The third-order valence-corrected chi connectivity index (χ3v) is 4.88. The zero-order valence-corrected chi connectivity index (χ0v) is 13.8. The molecule has 2 aromatic carbocycles. The molecule has 3 nitrogen and oxygen atoms in total. The number of amides is 1. The Morgan fingerprint density at radius 3 is 2.54 bits per heavy atom. The molecule has 3 rings (SSSR count). The van der Waals surface area contributed by atoms with Gasteiger partial charge in [0, 0.05) is 6.54 Å². The number of hydrogen-bond acceptors (Lipinski definition) is 2. The molecule has 2 aromatic rings. The minimum absolute atomic E-state index is 0.00728. The minimum atomic E-state index is -0.554. The van der Waals surface area contributed by atoms with Crippen LogP contribution in [0.3, 0.4) is 0 Å². The summed E-state index contributed by atoms with van der Waals surface area (Å²) in [5.41, 5.74) is 1.38. The van der Waals surface area contributed by atoms with E-state index in [9.17, 15) is 9.18 Å². The molecule has 1 fully saturated rings. The molecule has 1 aliphatic rings. The highest BCUT2D eigenvalue weighted by Gasteiger charge is 2.45. The lowest BCUT2D eigenvalue weighted by molar-refractivity contribution is -0.129. The van der Waals surface area contributed by atoms with Crippen molar-refractivity contribution in [2.75, 3.05) is 13.7 Å². The molecule has 126 valence electrons. The van der Waals surface area contributed by atoms with Crippen LogP contribution in [0.15, 0.2) is 48.5 Å². The fourth-order valence-electron chi connectivity index (χ4n) is 3.25. The summed E-state index contributed by atoms with van der Waals surface area (Å²) in [6, 6.07) is 14.3. The molecule has 0 unspecified atom stereocenters. The van der Waals surface area contributed by atoms with E-state index in [1.54, 1.807) is 13.2 Å². The van der Waals surface area contributed by atoms with Crippen molar-refractivity contribution in [2.45, 2.75) is 31.1 Å². The number of hydrogen-bond donors (Lipinski definition) is 1. The number of nitrogens with one attached hydrogen (secondary N) is 1. The van der Waals surface area contributed by atoms with Crippen molar-refractivity contribution in [2.24, 2.45) is 0 Å². The second-order valence-electron chi connectivity index (χ2n) is 6.30. The highest BCUT2D eigenvalue weighted by molar-refractivity contribution is 5.89. The van der Waals surface area contributed by atoms with Crippen LogP contribution in [0.4, 0.5) is 4.39 Å². The standard InChI is InChI=1S/C20H22FNO2/c1-24-18-8-6-15(7-9-18)10-13-22-19(23)20(11-3-12-20)16-4-2-5-17(21)14-16/h2,4-9,14H,3,10-13H2,1H3,(H,22,23). The van der Waals surface area contributed by atoms with Gasteiger partial charge >= 0.3 is 0 Å². The maximum absolute atomic E-state index is 13.5. The van der Waals surface area contributed by atoms with E-state index in [0.717, 1.165) is 42.6 Å². The average molecular weight is 327 g/mol. The summed E-state index contributed by atoms with van der Waals surface area (Å²) in [6.07, 6.45) is 3.33. The molecular formula is C20H22FNO2. The molecule has 4 heteroatoms. The smallest absolute Gasteiger partial charge is 0.230 e. The first-order chi connectivity index (χ1) is 11.6. The Hall–Kier alpha value is -2.36. The molecule has 0 aromatic heterocycles. The van der Waals surface area contributed by atoms with Gasteiger partial charge in [-0.3, -0.25) is 4.79 Å². The van der Waals surface area contributed by atoms with Crippen molar-refractivity contribution in [1.82, 2.24) is 5.32 Å². The molecule has 24 heavy (non-hydrogen) atoms. The van der Waals surface area contributed by atoms with Crippen LogP contribution in [0.2, 0.25) is 0 Å². The zero-order chi connectivity index (χ0) is 17.0. The molecule has 1 saturated carbocycles. The number of carbonyl (C=O) groups excluding carboxylic acids is 1. The molecule has 0 bridgehead atoms. The Morgan fingerprint density at radius 1 is 1.21 bits per heavy atom. The predicted molar refractivity (Wildman–Crippen MR) is 91.6 cm³/mol. The number of methoxy groups -OCH3 is 1. The Balaban J connectivity index is 1.61. The first-order valence-electron chi connectivity index (χ1n) is 8.31. The van der Waals surface area contributed by atoms with Gasteiger partial charge in [0.2, 0.25) is 5.91 Å². The normalized spacial score (nSPS) is 15.4. The van der Waals surface area contributed by atoms with E-state index in [0.29, 0.717) is 6.54 Å². The first-order valence-corrected chi connectivity index (χ1v) is 8.31. The molecule has 0 radical (unpaired) electrons. The Bertz CT molecular complexity index is 708. The lowest BCUT2D eigenvalue weighted by Crippen LogP contribution is -2.49. The highest BCUT2D eigenvalue weighted by atomic mass is 19.1. The van der Waals surface area contributed by atoms with Crippen molar-refractivity contribution in [3.05, 3.63) is 65.5 Å². The highest BCUT2D eigenvalue weighted by Crippen LogP contribution is 2.44. The zero-order valence-electron chi connectivity index (χ0n) is 13.8. The van der Waals surface area contributed by atoms with Crippen LogP contribution in [0, 0.1) is 5.82 Å². The van der Waals surface area contributed by atoms with Crippen LogP contribution < -0.4 is 10.1 Å². The summed E-state index contributed by atoms with van der Waals surface area (Å²) in [4.78, 5) is 12.7. The van der Waals surface area contributed by atoms with Gasteiger partial charge in [0.1, 0.15) is 11.6 Å². The van der Waals surface area contributed by atoms with Crippen LogP contribution in [-0.2, 0) is 16.6 Å². The third kappa shape index (κ3) is 3.28. The first kappa shape index (κ1) is 16.5. The van der Waals surface area contributed by atoms with E-state index in [4.69, 9.17) is 4.74 Å². The average Bonchev–Trinajstić information content (AvgIpc) is 2.54. The lowest BCUT2D eigenvalue weighted by Gasteiger charge is -2.40. The van der Waals surface area contributed by atoms with Crippen LogP contribution in [-0.4, -0.2) is 19.6 Å². The molecule has 1 aliphatic carbocycles. The van der Waals surface area contributed by atoms with Crippen LogP contribution in [0.1, 0.15) is 30.4 Å². The molecule has 0 saturated heterocycles. The van der Waals surface area contributed by atoms with E-state index in [2.05, 4.69) is 5.32 Å². The van der Waals surface area contributed by atoms with Crippen LogP contribution in [0.5, 0.6) is 5.75 Å². The maximum Gasteiger partial charge on any atom is 0.230 e. The largest absolute Gasteiger partial charge is 0.497 e. The van der Waals surface area contributed by atoms with Crippen molar-refractivity contribution < 1.29 is 13.9 Å². The van der Waals surface area contributed by atoms with Gasteiger partial charge in [-0.1, -0.05) is 30.7 Å². The quantitative estimate of drug-likeness (QED) is 0.880. The van der Waals surface area contributed by atoms with Gasteiger partial charge < -0.3 is 10.1 Å². The van der Waals surface area contributed by atoms with Crippen LogP contribution >= 0.6 is 0 Å². The van der Waals surface area contributed by atoms with E-state index >= 15 is 0 Å². The van der Waals surface area contributed by atoms with Gasteiger partial charge in [-0.05, 0) is 54.7 Å². The third-order valence-electron chi connectivity index (χ3n) is 4.88. The van der Waals surface area contributed by atoms with Gasteiger partial charge in [-0.25, -0.2) is 4.39 Å². The summed E-state index contributed by atoms with van der Waals surface area (Å²) in [5, 5.41) is 3.03. The molecule has 1 N–H and O–H groups in total. The Kier molecular flexibility index (Phi) is 4.84. The maximum atomic E-state index is 13.5.